The average Bonchev–Trinajstić information content (AvgIpc) is 3.88. The fourth-order valence-electron chi connectivity index (χ4n) is 8.62. The summed E-state index contributed by atoms with van der Waals surface area (Å²) in [5.74, 6) is 0.669. The van der Waals surface area contributed by atoms with Crippen LogP contribution in [0.2, 0.25) is 0 Å². The van der Waals surface area contributed by atoms with E-state index < -0.39 is 0 Å². The summed E-state index contributed by atoms with van der Waals surface area (Å²) in [4.78, 5) is 10.7. The van der Waals surface area contributed by atoms with Crippen LogP contribution in [0.5, 0.6) is 0 Å². The number of benzene rings is 8. The maximum atomic E-state index is 5.43. The molecule has 4 aromatic heterocycles. The Morgan fingerprint density at radius 3 is 1.74 bits per heavy atom. The van der Waals surface area contributed by atoms with E-state index in [9.17, 15) is 0 Å². The molecule has 5 heteroatoms. The van der Waals surface area contributed by atoms with Crippen molar-refractivity contribution in [3.8, 4) is 22.9 Å². The molecule has 246 valence electrons. The highest BCUT2D eigenvalue weighted by atomic mass is 32.1. The Balaban J connectivity index is 1.28. The van der Waals surface area contributed by atoms with Crippen LogP contribution >= 0.6 is 11.3 Å². The molecule has 0 spiro atoms. The average molecular weight is 693 g/mol. The molecule has 53 heavy (non-hydrogen) atoms. The van der Waals surface area contributed by atoms with Crippen LogP contribution in [-0.4, -0.2) is 19.1 Å². The predicted molar refractivity (Wildman–Crippen MR) is 224 cm³/mol. The van der Waals surface area contributed by atoms with Crippen LogP contribution < -0.4 is 0 Å². The summed E-state index contributed by atoms with van der Waals surface area (Å²) in [6.07, 6.45) is 0. The third-order valence-corrected chi connectivity index (χ3v) is 12.0. The molecule has 0 aliphatic rings. The number of hydrogen-bond donors (Lipinski definition) is 0. The van der Waals surface area contributed by atoms with Gasteiger partial charge in [-0.1, -0.05) is 127 Å². The van der Waals surface area contributed by atoms with Crippen molar-refractivity contribution in [1.29, 1.82) is 0 Å². The van der Waals surface area contributed by atoms with Gasteiger partial charge in [0.1, 0.15) is 0 Å². The van der Waals surface area contributed by atoms with Crippen LogP contribution in [0.4, 0.5) is 0 Å². The number of thiophene rings is 1. The molecule has 0 aliphatic heterocycles. The Labute approximate surface area is 307 Å². The van der Waals surface area contributed by atoms with Gasteiger partial charge in [-0.2, -0.15) is 0 Å². The van der Waals surface area contributed by atoms with E-state index in [0.29, 0.717) is 5.95 Å². The molecule has 12 rings (SSSR count). The van der Waals surface area contributed by atoms with E-state index in [1.54, 1.807) is 0 Å². The third-order valence-electron chi connectivity index (χ3n) is 10.9. The van der Waals surface area contributed by atoms with Crippen LogP contribution in [0, 0.1) is 0 Å². The Kier molecular flexibility index (Phi) is 5.90. The second-order valence-electron chi connectivity index (χ2n) is 13.8. The molecule has 8 aromatic carbocycles. The van der Waals surface area contributed by atoms with E-state index in [4.69, 9.17) is 9.97 Å². The second-order valence-corrected chi connectivity index (χ2v) is 14.8. The summed E-state index contributed by atoms with van der Waals surface area (Å²) in [6, 6.07) is 61.0. The molecule has 4 heterocycles. The van der Waals surface area contributed by atoms with Gasteiger partial charge >= 0.3 is 0 Å². The van der Waals surface area contributed by atoms with Gasteiger partial charge in [0.05, 0.1) is 33.3 Å². The molecule has 12 aromatic rings. The summed E-state index contributed by atoms with van der Waals surface area (Å²) >= 11 is 1.86. The Morgan fingerprint density at radius 1 is 0.415 bits per heavy atom. The van der Waals surface area contributed by atoms with Crippen LogP contribution in [0.3, 0.4) is 0 Å². The Hall–Kier alpha value is -6.82. The summed E-state index contributed by atoms with van der Waals surface area (Å²) in [5, 5.41) is 10.8. The van der Waals surface area contributed by atoms with Crippen molar-refractivity contribution in [1.82, 2.24) is 19.1 Å². The van der Waals surface area contributed by atoms with Crippen molar-refractivity contribution >= 4 is 96.8 Å². The highest BCUT2D eigenvalue weighted by Crippen LogP contribution is 2.47. The van der Waals surface area contributed by atoms with Gasteiger partial charge in [0.2, 0.25) is 5.95 Å². The molecule has 0 fully saturated rings. The highest BCUT2D eigenvalue weighted by Gasteiger charge is 2.24. The number of fused-ring (bicyclic) bond motifs is 13. The van der Waals surface area contributed by atoms with Crippen molar-refractivity contribution in [2.45, 2.75) is 0 Å². The first-order valence-electron chi connectivity index (χ1n) is 17.9. The second kappa shape index (κ2) is 10.8. The van der Waals surface area contributed by atoms with E-state index in [-0.39, 0.29) is 0 Å². The molecule has 0 atom stereocenters. The molecule has 0 aliphatic carbocycles. The van der Waals surface area contributed by atoms with Crippen molar-refractivity contribution in [2.75, 3.05) is 0 Å². The first kappa shape index (κ1) is 28.8. The minimum Gasteiger partial charge on any atom is -0.309 e. The van der Waals surface area contributed by atoms with Gasteiger partial charge in [0.25, 0.3) is 0 Å². The van der Waals surface area contributed by atoms with Crippen LogP contribution in [-0.2, 0) is 0 Å². The standard InChI is InChI=1S/C48H28N4S/c1-2-13-30(14-3-1)45-37-18-6-9-19-38(37)49-48(50-45)52-40-21-11-8-17-34(40)36-25-27-42-44(47(36)52)43-41(53-42)26-24-35-33-16-7-10-20-39(33)51(46(35)43)32-23-22-29-12-4-5-15-31(29)28-32/h1-28H. The Morgan fingerprint density at radius 2 is 1.00 bits per heavy atom. The fraction of sp³-hybridized carbons (Fsp3) is 0. The number of aromatic nitrogens is 4. The number of hydrogen-bond acceptors (Lipinski definition) is 3. The number of rotatable bonds is 3. The normalized spacial score (nSPS) is 12.2. The van der Waals surface area contributed by atoms with Crippen LogP contribution in [0.25, 0.3) is 108 Å². The third kappa shape index (κ3) is 4.05. The van der Waals surface area contributed by atoms with Gasteiger partial charge in [-0.05, 0) is 53.2 Å². The molecule has 0 saturated heterocycles. The fourth-order valence-corrected chi connectivity index (χ4v) is 9.73. The monoisotopic (exact) mass is 692 g/mol. The van der Waals surface area contributed by atoms with Gasteiger partial charge in [-0.25, -0.2) is 9.97 Å². The maximum absolute atomic E-state index is 5.43. The summed E-state index contributed by atoms with van der Waals surface area (Å²) in [6.45, 7) is 0. The van der Waals surface area contributed by atoms with Gasteiger partial charge in [-0.3, -0.25) is 4.57 Å². The molecule has 0 unspecified atom stereocenters. The summed E-state index contributed by atoms with van der Waals surface area (Å²) in [5.41, 5.74) is 8.71. The lowest BCUT2D eigenvalue weighted by Crippen LogP contribution is -2.03. The molecular formula is C48H28N4S. The quantitative estimate of drug-likeness (QED) is 0.185. The van der Waals surface area contributed by atoms with Crippen molar-refractivity contribution in [3.63, 3.8) is 0 Å². The predicted octanol–water partition coefficient (Wildman–Crippen LogP) is 13.0. The van der Waals surface area contributed by atoms with Crippen molar-refractivity contribution in [2.24, 2.45) is 0 Å². The van der Waals surface area contributed by atoms with Crippen molar-refractivity contribution in [3.05, 3.63) is 170 Å². The SMILES string of the molecule is c1ccc(-c2nc(-n3c4ccccc4c4ccc5sc6ccc7c8ccccc8n(-c8ccc9ccccc9c8)c7c6c5c43)nc3ccccc23)cc1. The number of para-hydroxylation sites is 3. The molecule has 0 amide bonds. The Bertz CT molecular complexity index is 3460. The van der Waals surface area contributed by atoms with E-state index in [2.05, 4.69) is 179 Å². The first-order valence-corrected chi connectivity index (χ1v) is 18.7. The van der Waals surface area contributed by atoms with E-state index in [1.165, 1.54) is 63.5 Å². The molecule has 0 N–H and O–H groups in total. The zero-order valence-electron chi connectivity index (χ0n) is 28.4. The smallest absolute Gasteiger partial charge is 0.235 e. The molecule has 0 bridgehead atoms. The van der Waals surface area contributed by atoms with Crippen LogP contribution in [0.15, 0.2) is 170 Å². The highest BCUT2D eigenvalue weighted by molar-refractivity contribution is 7.26. The molecule has 0 radical (unpaired) electrons. The topological polar surface area (TPSA) is 35.6 Å². The van der Waals surface area contributed by atoms with Crippen LogP contribution in [0.1, 0.15) is 0 Å². The summed E-state index contributed by atoms with van der Waals surface area (Å²) < 4.78 is 7.30. The lowest BCUT2D eigenvalue weighted by atomic mass is 10.0. The lowest BCUT2D eigenvalue weighted by molar-refractivity contribution is 1.02. The molecular weight excluding hydrogens is 665 g/mol. The van der Waals surface area contributed by atoms with E-state index in [1.807, 2.05) is 11.3 Å². The largest absolute Gasteiger partial charge is 0.309 e. The first-order chi connectivity index (χ1) is 26.3. The van der Waals surface area contributed by atoms with Gasteiger partial charge in [-0.15, -0.1) is 11.3 Å². The summed E-state index contributed by atoms with van der Waals surface area (Å²) in [7, 11) is 0. The van der Waals surface area contributed by atoms with Crippen molar-refractivity contribution < 1.29 is 0 Å². The minimum atomic E-state index is 0.669. The van der Waals surface area contributed by atoms with Gasteiger partial charge in [0, 0.05) is 58.4 Å². The van der Waals surface area contributed by atoms with Gasteiger partial charge in [0.15, 0.2) is 0 Å². The molecule has 0 saturated carbocycles. The lowest BCUT2D eigenvalue weighted by Gasteiger charge is -2.13. The number of nitrogens with zero attached hydrogens (tertiary/aromatic N) is 4. The van der Waals surface area contributed by atoms with Gasteiger partial charge < -0.3 is 4.57 Å². The zero-order chi connectivity index (χ0) is 34.6. The van der Waals surface area contributed by atoms with E-state index >= 15 is 0 Å². The minimum absolute atomic E-state index is 0.669. The maximum Gasteiger partial charge on any atom is 0.235 e. The molecule has 4 nitrogen and oxygen atoms in total. The van der Waals surface area contributed by atoms with E-state index in [0.717, 1.165) is 38.9 Å². The zero-order valence-corrected chi connectivity index (χ0v) is 29.2.